The van der Waals surface area contributed by atoms with E-state index in [0.29, 0.717) is 12.2 Å². The summed E-state index contributed by atoms with van der Waals surface area (Å²) < 4.78 is 5.10. The van der Waals surface area contributed by atoms with Gasteiger partial charge in [0.1, 0.15) is 0 Å². The molecule has 1 aromatic heterocycles. The lowest BCUT2D eigenvalue weighted by Gasteiger charge is -2.02. The second-order valence-electron chi connectivity index (χ2n) is 3.21. The first-order valence-electron chi connectivity index (χ1n) is 5.04. The molecule has 0 unspecified atom stereocenters. The molecule has 0 aliphatic carbocycles. The molecule has 1 aromatic rings. The second-order valence-corrected chi connectivity index (χ2v) is 3.99. The van der Waals surface area contributed by atoms with Crippen LogP contribution in [0, 0.1) is 0 Å². The molecule has 0 saturated carbocycles. The summed E-state index contributed by atoms with van der Waals surface area (Å²) >= 11 is 1.51. The van der Waals surface area contributed by atoms with E-state index >= 15 is 0 Å². The van der Waals surface area contributed by atoms with Crippen molar-refractivity contribution >= 4 is 17.3 Å². The smallest absolute Gasteiger partial charge is 0.338 e. The van der Waals surface area contributed by atoms with Crippen LogP contribution < -0.4 is 0 Å². The van der Waals surface area contributed by atoms with Gasteiger partial charge < -0.3 is 4.74 Å². The zero-order valence-electron chi connectivity index (χ0n) is 8.49. The molecule has 0 atom stereocenters. The number of ether oxygens (including phenoxy) is 1. The molecule has 2 nitrogen and oxygen atoms in total. The lowest BCUT2D eigenvalue weighted by atomic mass is 10.2. The van der Waals surface area contributed by atoms with Crippen LogP contribution in [0.4, 0.5) is 0 Å². The number of hydrogen-bond donors (Lipinski definition) is 0. The molecule has 0 N–H and O–H groups in total. The normalized spacial score (nSPS) is 10.1. The van der Waals surface area contributed by atoms with E-state index in [1.807, 2.05) is 10.8 Å². The average Bonchev–Trinajstić information content (AvgIpc) is 2.70. The zero-order valence-corrected chi connectivity index (χ0v) is 9.31. The Kier molecular flexibility index (Phi) is 5.30. The van der Waals surface area contributed by atoms with Crippen molar-refractivity contribution in [1.29, 1.82) is 0 Å². The molecule has 0 fully saturated rings. The van der Waals surface area contributed by atoms with Crippen LogP contribution in [0.15, 0.2) is 16.8 Å². The highest BCUT2D eigenvalue weighted by Gasteiger charge is 2.05. The van der Waals surface area contributed by atoms with Crippen LogP contribution in [0.3, 0.4) is 0 Å². The fourth-order valence-corrected chi connectivity index (χ4v) is 1.78. The highest BCUT2D eigenvalue weighted by Crippen LogP contribution is 2.08. The summed E-state index contributed by atoms with van der Waals surface area (Å²) in [6, 6.07) is 1.79. The van der Waals surface area contributed by atoms with Gasteiger partial charge in [-0.2, -0.15) is 11.3 Å². The van der Waals surface area contributed by atoms with Crippen LogP contribution in [0.25, 0.3) is 0 Å². The van der Waals surface area contributed by atoms with E-state index < -0.39 is 0 Å². The molecule has 1 heterocycles. The lowest BCUT2D eigenvalue weighted by Crippen LogP contribution is -2.04. The molecular weight excluding hydrogens is 196 g/mol. The van der Waals surface area contributed by atoms with Crippen molar-refractivity contribution in [2.75, 3.05) is 6.61 Å². The molecule has 14 heavy (non-hydrogen) atoms. The van der Waals surface area contributed by atoms with Crippen LogP contribution >= 0.6 is 11.3 Å². The first-order valence-corrected chi connectivity index (χ1v) is 5.98. The maximum atomic E-state index is 11.3. The van der Waals surface area contributed by atoms with Gasteiger partial charge in [-0.3, -0.25) is 0 Å². The van der Waals surface area contributed by atoms with Crippen molar-refractivity contribution in [2.24, 2.45) is 0 Å². The fourth-order valence-electron chi connectivity index (χ4n) is 1.16. The number of carbonyl (C=O) groups excluding carboxylic acids is 1. The minimum Gasteiger partial charge on any atom is -0.462 e. The van der Waals surface area contributed by atoms with Gasteiger partial charge in [-0.25, -0.2) is 4.79 Å². The number of esters is 1. The Hall–Kier alpha value is -0.830. The van der Waals surface area contributed by atoms with Crippen molar-refractivity contribution in [1.82, 2.24) is 0 Å². The Balaban J connectivity index is 2.10. The largest absolute Gasteiger partial charge is 0.462 e. The molecule has 1 rings (SSSR count). The van der Waals surface area contributed by atoms with Crippen molar-refractivity contribution in [3.8, 4) is 0 Å². The summed E-state index contributed by atoms with van der Waals surface area (Å²) in [5.41, 5.74) is 0.672. The molecule has 0 aliphatic heterocycles. The summed E-state index contributed by atoms with van der Waals surface area (Å²) in [6.45, 7) is 2.71. The van der Waals surface area contributed by atoms with Gasteiger partial charge in [0, 0.05) is 5.38 Å². The van der Waals surface area contributed by atoms with E-state index in [0.717, 1.165) is 12.8 Å². The van der Waals surface area contributed by atoms with Crippen LogP contribution in [-0.2, 0) is 4.74 Å². The molecule has 3 heteroatoms. The van der Waals surface area contributed by atoms with Crippen LogP contribution in [0.1, 0.15) is 43.0 Å². The predicted octanol–water partition coefficient (Wildman–Crippen LogP) is 3.49. The lowest BCUT2D eigenvalue weighted by molar-refractivity contribution is 0.0498. The van der Waals surface area contributed by atoms with Crippen LogP contribution in [-0.4, -0.2) is 12.6 Å². The van der Waals surface area contributed by atoms with Gasteiger partial charge in [0.2, 0.25) is 0 Å². The maximum absolute atomic E-state index is 11.3. The monoisotopic (exact) mass is 212 g/mol. The number of hydrogen-bond acceptors (Lipinski definition) is 3. The third kappa shape index (κ3) is 3.92. The summed E-state index contributed by atoms with van der Waals surface area (Å²) in [6.07, 6.45) is 4.55. The summed E-state index contributed by atoms with van der Waals surface area (Å²) in [4.78, 5) is 11.3. The first-order chi connectivity index (χ1) is 6.84. The minimum atomic E-state index is -0.192. The molecule has 78 valence electrons. The number of thiophene rings is 1. The summed E-state index contributed by atoms with van der Waals surface area (Å²) in [7, 11) is 0. The third-order valence-electron chi connectivity index (χ3n) is 1.99. The predicted molar refractivity (Wildman–Crippen MR) is 58.7 cm³/mol. The standard InChI is InChI=1S/C11H16O2S/c1-2-3-4-5-7-13-11(12)10-6-8-14-9-10/h6,8-9H,2-5,7H2,1H3. The van der Waals surface area contributed by atoms with Crippen molar-refractivity contribution in [2.45, 2.75) is 32.6 Å². The maximum Gasteiger partial charge on any atom is 0.338 e. The Labute approximate surface area is 88.9 Å². The zero-order chi connectivity index (χ0) is 10.2. The Bertz CT molecular complexity index is 254. The van der Waals surface area contributed by atoms with Gasteiger partial charge in [0.25, 0.3) is 0 Å². The van der Waals surface area contributed by atoms with E-state index in [1.165, 1.54) is 24.2 Å². The van der Waals surface area contributed by atoms with E-state index in [2.05, 4.69) is 6.92 Å². The summed E-state index contributed by atoms with van der Waals surface area (Å²) in [5, 5.41) is 3.70. The topological polar surface area (TPSA) is 26.3 Å². The van der Waals surface area contributed by atoms with Gasteiger partial charge in [0.05, 0.1) is 12.2 Å². The molecule has 0 aromatic carbocycles. The van der Waals surface area contributed by atoms with Crippen molar-refractivity contribution in [3.05, 3.63) is 22.4 Å². The molecule has 0 amide bonds. The van der Waals surface area contributed by atoms with Crippen molar-refractivity contribution in [3.63, 3.8) is 0 Å². The molecule has 0 spiro atoms. The van der Waals surface area contributed by atoms with Crippen LogP contribution in [0.5, 0.6) is 0 Å². The Morgan fingerprint density at radius 2 is 2.29 bits per heavy atom. The number of unbranched alkanes of at least 4 members (excludes halogenated alkanes) is 3. The summed E-state index contributed by atoms with van der Waals surface area (Å²) in [5.74, 6) is -0.192. The molecular formula is C11H16O2S. The van der Waals surface area contributed by atoms with E-state index in [1.54, 1.807) is 6.07 Å². The van der Waals surface area contributed by atoms with E-state index in [4.69, 9.17) is 4.74 Å². The van der Waals surface area contributed by atoms with Gasteiger partial charge in [-0.15, -0.1) is 0 Å². The van der Waals surface area contributed by atoms with Gasteiger partial charge >= 0.3 is 5.97 Å². The Morgan fingerprint density at radius 1 is 1.43 bits per heavy atom. The molecule has 0 aliphatic rings. The van der Waals surface area contributed by atoms with Gasteiger partial charge in [0.15, 0.2) is 0 Å². The number of carbonyl (C=O) groups is 1. The van der Waals surface area contributed by atoms with E-state index in [-0.39, 0.29) is 5.97 Å². The quantitative estimate of drug-likeness (QED) is 0.533. The molecule has 0 bridgehead atoms. The van der Waals surface area contributed by atoms with Gasteiger partial charge in [-0.05, 0) is 17.9 Å². The average molecular weight is 212 g/mol. The SMILES string of the molecule is CCCCCCOC(=O)c1ccsc1. The highest BCUT2D eigenvalue weighted by molar-refractivity contribution is 7.08. The van der Waals surface area contributed by atoms with Crippen molar-refractivity contribution < 1.29 is 9.53 Å². The minimum absolute atomic E-state index is 0.192. The Morgan fingerprint density at radius 3 is 2.93 bits per heavy atom. The second kappa shape index (κ2) is 6.60. The number of rotatable bonds is 6. The fraction of sp³-hybridized carbons (Fsp3) is 0.545. The van der Waals surface area contributed by atoms with E-state index in [9.17, 15) is 4.79 Å². The highest BCUT2D eigenvalue weighted by atomic mass is 32.1. The van der Waals surface area contributed by atoms with Crippen LogP contribution in [0.2, 0.25) is 0 Å². The first kappa shape index (κ1) is 11.2. The molecule has 0 saturated heterocycles. The molecule has 0 radical (unpaired) electrons. The van der Waals surface area contributed by atoms with Gasteiger partial charge in [-0.1, -0.05) is 26.2 Å². The third-order valence-corrected chi connectivity index (χ3v) is 2.67.